The lowest BCUT2D eigenvalue weighted by Gasteiger charge is -2.24. The molecule has 21 heavy (non-hydrogen) atoms. The van der Waals surface area contributed by atoms with Gasteiger partial charge in [-0.25, -0.2) is 0 Å². The van der Waals surface area contributed by atoms with Crippen molar-refractivity contribution >= 4 is 10.2 Å². The first-order valence-electron chi connectivity index (χ1n) is 7.04. The van der Waals surface area contributed by atoms with Gasteiger partial charge in [0.1, 0.15) is 5.60 Å². The fourth-order valence-corrected chi connectivity index (χ4v) is 3.01. The van der Waals surface area contributed by atoms with Gasteiger partial charge in [0, 0.05) is 20.7 Å². The molecule has 2 rings (SSSR count). The molecule has 1 aromatic heterocycles. The third kappa shape index (κ3) is 3.60. The molecule has 0 saturated heterocycles. The fraction of sp³-hybridized carbons (Fsp3) is 0.833. The topological polar surface area (TPSA) is 97.6 Å². The van der Waals surface area contributed by atoms with Crippen LogP contribution in [0.2, 0.25) is 0 Å². The maximum absolute atomic E-state index is 11.6. The van der Waals surface area contributed by atoms with E-state index in [-0.39, 0.29) is 6.54 Å². The molecule has 0 amide bonds. The van der Waals surface area contributed by atoms with Gasteiger partial charge >= 0.3 is 0 Å². The van der Waals surface area contributed by atoms with E-state index in [9.17, 15) is 8.42 Å². The summed E-state index contributed by atoms with van der Waals surface area (Å²) in [5.41, 5.74) is -0.500. The van der Waals surface area contributed by atoms with E-state index in [4.69, 9.17) is 9.26 Å². The molecule has 1 aliphatic rings. The Hall–Kier alpha value is -1.03. The number of nitrogens with one attached hydrogen (secondary N) is 1. The highest BCUT2D eigenvalue weighted by molar-refractivity contribution is 7.87. The van der Waals surface area contributed by atoms with Crippen molar-refractivity contribution in [3.63, 3.8) is 0 Å². The summed E-state index contributed by atoms with van der Waals surface area (Å²) < 4.78 is 37.9. The van der Waals surface area contributed by atoms with Crippen molar-refractivity contribution in [2.45, 2.75) is 44.8 Å². The summed E-state index contributed by atoms with van der Waals surface area (Å²) in [6.07, 6.45) is 3.83. The van der Waals surface area contributed by atoms with Gasteiger partial charge in [-0.2, -0.15) is 22.4 Å². The van der Waals surface area contributed by atoms with Crippen LogP contribution in [-0.2, 0) is 27.1 Å². The van der Waals surface area contributed by atoms with E-state index in [2.05, 4.69) is 14.9 Å². The molecular formula is C12H22N4O4S. The largest absolute Gasteiger partial charge is 0.365 e. The van der Waals surface area contributed by atoms with Crippen molar-refractivity contribution in [3.05, 3.63) is 11.7 Å². The molecule has 8 nitrogen and oxygen atoms in total. The quantitative estimate of drug-likeness (QED) is 0.797. The lowest BCUT2D eigenvalue weighted by molar-refractivity contribution is -0.0610. The molecule has 0 atom stereocenters. The molecule has 0 unspecified atom stereocenters. The second-order valence-electron chi connectivity index (χ2n) is 5.26. The van der Waals surface area contributed by atoms with Gasteiger partial charge in [0.2, 0.25) is 0 Å². The Labute approximate surface area is 125 Å². The lowest BCUT2D eigenvalue weighted by Crippen LogP contribution is -2.35. The van der Waals surface area contributed by atoms with Crippen molar-refractivity contribution < 1.29 is 17.7 Å². The van der Waals surface area contributed by atoms with Crippen molar-refractivity contribution in [1.82, 2.24) is 19.2 Å². The molecule has 0 aromatic carbocycles. The summed E-state index contributed by atoms with van der Waals surface area (Å²) >= 11 is 0. The minimum Gasteiger partial charge on any atom is -0.365 e. The van der Waals surface area contributed by atoms with E-state index in [1.807, 2.05) is 6.92 Å². The maximum Gasteiger partial charge on any atom is 0.279 e. The van der Waals surface area contributed by atoms with Crippen LogP contribution in [0.5, 0.6) is 0 Å². The van der Waals surface area contributed by atoms with E-state index < -0.39 is 15.8 Å². The Morgan fingerprint density at radius 2 is 2.05 bits per heavy atom. The van der Waals surface area contributed by atoms with Crippen LogP contribution in [0.3, 0.4) is 0 Å². The van der Waals surface area contributed by atoms with Crippen LogP contribution in [-0.4, -0.2) is 43.6 Å². The summed E-state index contributed by atoms with van der Waals surface area (Å²) in [6, 6.07) is 0. The van der Waals surface area contributed by atoms with Gasteiger partial charge in [0.05, 0.1) is 6.54 Å². The molecular weight excluding hydrogens is 296 g/mol. The molecule has 1 aromatic rings. The van der Waals surface area contributed by atoms with E-state index >= 15 is 0 Å². The van der Waals surface area contributed by atoms with Crippen molar-refractivity contribution in [3.8, 4) is 0 Å². The van der Waals surface area contributed by atoms with Gasteiger partial charge < -0.3 is 9.26 Å². The summed E-state index contributed by atoms with van der Waals surface area (Å²) in [5.74, 6) is 0.752. The summed E-state index contributed by atoms with van der Waals surface area (Å²) in [5, 5.41) is 3.84. The Kier molecular flexibility index (Phi) is 4.97. The van der Waals surface area contributed by atoms with Crippen LogP contribution < -0.4 is 4.72 Å². The Balaban J connectivity index is 2.07. The van der Waals surface area contributed by atoms with E-state index in [1.165, 1.54) is 14.1 Å². The van der Waals surface area contributed by atoms with Crippen LogP contribution in [0.1, 0.15) is 44.3 Å². The van der Waals surface area contributed by atoms with Crippen LogP contribution in [0.15, 0.2) is 4.52 Å². The predicted molar refractivity (Wildman–Crippen MR) is 75.5 cm³/mol. The molecule has 1 N–H and O–H groups in total. The van der Waals surface area contributed by atoms with E-state index in [0.29, 0.717) is 18.3 Å². The number of aromatic nitrogens is 2. The molecule has 120 valence electrons. The molecule has 1 aliphatic carbocycles. The number of nitrogens with zero attached hydrogens (tertiary/aromatic N) is 3. The number of rotatable bonds is 7. The average Bonchev–Trinajstić information content (AvgIpc) is 3.06. The van der Waals surface area contributed by atoms with Crippen LogP contribution in [0.4, 0.5) is 0 Å². The maximum atomic E-state index is 11.6. The average molecular weight is 318 g/mol. The first kappa shape index (κ1) is 16.3. The normalized spacial score (nSPS) is 18.5. The lowest BCUT2D eigenvalue weighted by atomic mass is 10.0. The highest BCUT2D eigenvalue weighted by Crippen LogP contribution is 2.41. The minimum atomic E-state index is -3.50. The minimum absolute atomic E-state index is 0.00772. The molecule has 0 spiro atoms. The second kappa shape index (κ2) is 6.39. The number of hydrogen-bond acceptors (Lipinski definition) is 6. The standard InChI is InChI=1S/C12H22N4O4S/c1-4-19-12(7-5-6-8-12)11-14-10(15-20-11)9-13-21(17,18)16(2)3/h13H,4-9H2,1-3H3. The van der Waals surface area contributed by atoms with Gasteiger partial charge in [0.25, 0.3) is 16.1 Å². The zero-order valence-corrected chi connectivity index (χ0v) is 13.4. The molecule has 0 bridgehead atoms. The molecule has 1 saturated carbocycles. The second-order valence-corrected chi connectivity index (χ2v) is 7.23. The van der Waals surface area contributed by atoms with Crippen LogP contribution >= 0.6 is 0 Å². The summed E-state index contributed by atoms with van der Waals surface area (Å²) in [4.78, 5) is 4.30. The molecule has 1 fully saturated rings. The SMILES string of the molecule is CCOC1(c2nc(CNS(=O)(=O)N(C)C)no2)CCCC1. The smallest absolute Gasteiger partial charge is 0.279 e. The van der Waals surface area contributed by atoms with Crippen molar-refractivity contribution in [1.29, 1.82) is 0 Å². The Morgan fingerprint density at radius 3 is 2.62 bits per heavy atom. The van der Waals surface area contributed by atoms with Gasteiger partial charge in [-0.05, 0) is 32.6 Å². The van der Waals surface area contributed by atoms with E-state index in [0.717, 1.165) is 30.0 Å². The Morgan fingerprint density at radius 1 is 1.38 bits per heavy atom. The summed E-state index contributed by atoms with van der Waals surface area (Å²) in [7, 11) is -0.599. The van der Waals surface area contributed by atoms with Gasteiger partial charge in [-0.15, -0.1) is 0 Å². The van der Waals surface area contributed by atoms with E-state index in [1.54, 1.807) is 0 Å². The van der Waals surface area contributed by atoms with Gasteiger partial charge in [0.15, 0.2) is 5.82 Å². The zero-order chi connectivity index (χ0) is 15.5. The summed E-state index contributed by atoms with van der Waals surface area (Å²) in [6.45, 7) is 2.50. The predicted octanol–water partition coefficient (Wildman–Crippen LogP) is 0.771. The number of hydrogen-bond donors (Lipinski definition) is 1. The third-order valence-corrected chi connectivity index (χ3v) is 5.05. The molecule has 9 heteroatoms. The third-order valence-electron chi connectivity index (χ3n) is 3.58. The first-order valence-corrected chi connectivity index (χ1v) is 8.48. The van der Waals surface area contributed by atoms with Gasteiger partial charge in [-0.3, -0.25) is 0 Å². The molecule has 1 heterocycles. The molecule has 0 aliphatic heterocycles. The van der Waals surface area contributed by atoms with Crippen LogP contribution in [0, 0.1) is 0 Å². The van der Waals surface area contributed by atoms with Crippen molar-refractivity contribution in [2.75, 3.05) is 20.7 Å². The highest BCUT2D eigenvalue weighted by atomic mass is 32.2. The van der Waals surface area contributed by atoms with Crippen molar-refractivity contribution in [2.24, 2.45) is 0 Å². The Bertz CT molecular complexity index is 564. The first-order chi connectivity index (χ1) is 9.89. The zero-order valence-electron chi connectivity index (χ0n) is 12.6. The fourth-order valence-electron chi connectivity index (χ4n) is 2.44. The number of ether oxygens (including phenoxy) is 1. The highest BCUT2D eigenvalue weighted by Gasteiger charge is 2.41. The molecule has 0 radical (unpaired) electrons. The van der Waals surface area contributed by atoms with Gasteiger partial charge in [-0.1, -0.05) is 5.16 Å². The van der Waals surface area contributed by atoms with Crippen LogP contribution in [0.25, 0.3) is 0 Å². The monoisotopic (exact) mass is 318 g/mol.